The third-order valence-electron chi connectivity index (χ3n) is 5.71. The van der Waals surface area contributed by atoms with Gasteiger partial charge in [-0.1, -0.05) is 6.08 Å². The van der Waals surface area contributed by atoms with Crippen LogP contribution in [0.5, 0.6) is 5.75 Å². The molecule has 1 amide bonds. The summed E-state index contributed by atoms with van der Waals surface area (Å²) in [7, 11) is 3.54. The number of likely N-dealkylation sites (tertiary alicyclic amines) is 2. The number of hydrogen-bond acceptors (Lipinski definition) is 4. The van der Waals surface area contributed by atoms with Gasteiger partial charge in [-0.05, 0) is 56.1 Å². The van der Waals surface area contributed by atoms with E-state index in [2.05, 4.69) is 6.58 Å². The van der Waals surface area contributed by atoms with Crippen molar-refractivity contribution in [2.24, 2.45) is 11.3 Å². The molecule has 2 heterocycles. The summed E-state index contributed by atoms with van der Waals surface area (Å²) < 4.78 is 5.34. The van der Waals surface area contributed by atoms with E-state index < -0.39 is 11.4 Å². The highest BCUT2D eigenvalue weighted by molar-refractivity contribution is 5.95. The van der Waals surface area contributed by atoms with E-state index in [-0.39, 0.29) is 18.4 Å². The van der Waals surface area contributed by atoms with Crippen molar-refractivity contribution in [1.82, 2.24) is 9.80 Å². The highest BCUT2D eigenvalue weighted by Crippen LogP contribution is 2.42. The van der Waals surface area contributed by atoms with Gasteiger partial charge in [0.1, 0.15) is 11.2 Å². The van der Waals surface area contributed by atoms with Crippen molar-refractivity contribution >= 4 is 11.9 Å². The van der Waals surface area contributed by atoms with Crippen LogP contribution in [0.25, 0.3) is 0 Å². The van der Waals surface area contributed by atoms with Gasteiger partial charge in [-0.25, -0.2) is 0 Å². The van der Waals surface area contributed by atoms with Gasteiger partial charge in [0.05, 0.1) is 7.11 Å². The number of fused-ring (bicyclic) bond motifs is 1. The molecule has 26 heavy (non-hydrogen) atoms. The summed E-state index contributed by atoms with van der Waals surface area (Å²) in [6, 6.07) is 5.36. The summed E-state index contributed by atoms with van der Waals surface area (Å²) >= 11 is 0. The molecule has 3 rings (SSSR count). The molecule has 6 nitrogen and oxygen atoms in total. The zero-order valence-corrected chi connectivity index (χ0v) is 15.4. The largest absolute Gasteiger partial charge is 0.496 e. The fraction of sp³-hybridized carbons (Fsp3) is 0.500. The van der Waals surface area contributed by atoms with E-state index in [1.165, 1.54) is 0 Å². The molecule has 0 spiro atoms. The van der Waals surface area contributed by atoms with Crippen molar-refractivity contribution in [3.8, 4) is 5.75 Å². The van der Waals surface area contributed by atoms with Gasteiger partial charge in [0, 0.05) is 25.2 Å². The van der Waals surface area contributed by atoms with Gasteiger partial charge in [0.15, 0.2) is 0 Å². The molecule has 2 aliphatic heterocycles. The molecule has 1 aromatic rings. The Labute approximate surface area is 154 Å². The summed E-state index contributed by atoms with van der Waals surface area (Å²) in [4.78, 5) is 28.8. The van der Waals surface area contributed by atoms with Gasteiger partial charge in [-0.2, -0.15) is 0 Å². The van der Waals surface area contributed by atoms with Crippen LogP contribution in [0.3, 0.4) is 0 Å². The quantitative estimate of drug-likeness (QED) is 0.814. The fourth-order valence-electron chi connectivity index (χ4n) is 4.33. The summed E-state index contributed by atoms with van der Waals surface area (Å²) in [5.41, 5.74) is 0.604. The number of carboxylic acids is 1. The molecule has 0 bridgehead atoms. The third kappa shape index (κ3) is 3.09. The first-order valence-corrected chi connectivity index (χ1v) is 8.90. The van der Waals surface area contributed by atoms with E-state index in [1.807, 2.05) is 18.0 Å². The minimum absolute atomic E-state index is 0.00560. The highest BCUT2D eigenvalue weighted by atomic mass is 16.5. The van der Waals surface area contributed by atoms with Crippen LogP contribution in [0.2, 0.25) is 0 Å². The number of carboxylic acid groups (broad SMARTS) is 1. The first-order valence-electron chi connectivity index (χ1n) is 8.90. The lowest BCUT2D eigenvalue weighted by atomic mass is 9.73. The second-order valence-corrected chi connectivity index (χ2v) is 7.39. The predicted octanol–water partition coefficient (Wildman–Crippen LogP) is 1.90. The number of nitrogens with zero attached hydrogens (tertiary/aromatic N) is 2. The van der Waals surface area contributed by atoms with Crippen molar-refractivity contribution in [1.29, 1.82) is 0 Å². The summed E-state index contributed by atoms with van der Waals surface area (Å²) in [5, 5.41) is 9.88. The average Bonchev–Trinajstić information content (AvgIpc) is 3.01. The van der Waals surface area contributed by atoms with Crippen molar-refractivity contribution in [3.05, 3.63) is 42.0 Å². The van der Waals surface area contributed by atoms with E-state index in [9.17, 15) is 14.7 Å². The number of amides is 1. The van der Waals surface area contributed by atoms with Crippen LogP contribution < -0.4 is 4.74 Å². The number of allylic oxidation sites excluding steroid dienone is 1. The lowest BCUT2D eigenvalue weighted by Crippen LogP contribution is -2.52. The molecule has 0 aliphatic carbocycles. The topological polar surface area (TPSA) is 70.1 Å². The maximum atomic E-state index is 13.0. The van der Waals surface area contributed by atoms with Crippen molar-refractivity contribution < 1.29 is 19.4 Å². The van der Waals surface area contributed by atoms with Gasteiger partial charge in [-0.15, -0.1) is 6.58 Å². The fourth-order valence-corrected chi connectivity index (χ4v) is 4.33. The maximum absolute atomic E-state index is 13.0. The first kappa shape index (κ1) is 18.5. The monoisotopic (exact) mass is 358 g/mol. The van der Waals surface area contributed by atoms with Crippen LogP contribution in [-0.2, 0) is 11.2 Å². The molecule has 0 radical (unpaired) electrons. The van der Waals surface area contributed by atoms with Crippen LogP contribution in [-0.4, -0.2) is 67.1 Å². The molecular weight excluding hydrogens is 332 g/mol. The Morgan fingerprint density at radius 2 is 2.19 bits per heavy atom. The van der Waals surface area contributed by atoms with E-state index in [1.54, 1.807) is 30.2 Å². The first-order chi connectivity index (χ1) is 12.4. The summed E-state index contributed by atoms with van der Waals surface area (Å²) in [5.74, 6) is -0.187. The molecule has 140 valence electrons. The minimum atomic E-state index is -0.862. The highest BCUT2D eigenvalue weighted by Gasteiger charge is 2.55. The summed E-state index contributed by atoms with van der Waals surface area (Å²) in [6.07, 6.45) is 3.18. The second-order valence-electron chi connectivity index (χ2n) is 7.39. The summed E-state index contributed by atoms with van der Waals surface area (Å²) in [6.45, 7) is 5.87. The predicted molar refractivity (Wildman–Crippen MR) is 98.5 cm³/mol. The molecular formula is C20H26N2O4. The number of benzene rings is 1. The van der Waals surface area contributed by atoms with Gasteiger partial charge < -0.3 is 19.6 Å². The SMILES string of the molecule is C=CCc1cc(C(=O)N2C[C@H]3CCN(C)C[C@@]3(C(=O)O)C2)ccc1OC. The normalized spacial score (nSPS) is 25.6. The second kappa shape index (κ2) is 7.11. The average molecular weight is 358 g/mol. The lowest BCUT2D eigenvalue weighted by molar-refractivity contribution is -0.153. The molecule has 2 fully saturated rings. The lowest BCUT2D eigenvalue weighted by Gasteiger charge is -2.39. The smallest absolute Gasteiger partial charge is 0.313 e. The standard InChI is InChI=1S/C20H26N2O4/c1-4-5-14-10-15(6-7-17(14)26-3)18(23)22-11-16-8-9-21(2)12-20(16,13-22)19(24)25/h4,6-7,10,16H,1,5,8-9,11-13H2,2-3H3,(H,24,25)/t16-,20-/m1/s1. The Kier molecular flexibility index (Phi) is 5.05. The molecule has 0 aromatic heterocycles. The van der Waals surface area contributed by atoms with Gasteiger partial charge in [0.2, 0.25) is 0 Å². The number of piperidine rings is 1. The maximum Gasteiger partial charge on any atom is 0.313 e. The minimum Gasteiger partial charge on any atom is -0.496 e. The Morgan fingerprint density at radius 3 is 2.85 bits per heavy atom. The van der Waals surface area contributed by atoms with Crippen molar-refractivity contribution in [3.63, 3.8) is 0 Å². The van der Waals surface area contributed by atoms with E-state index >= 15 is 0 Å². The van der Waals surface area contributed by atoms with Crippen molar-refractivity contribution in [2.45, 2.75) is 12.8 Å². The van der Waals surface area contributed by atoms with Crippen LogP contribution >= 0.6 is 0 Å². The van der Waals surface area contributed by atoms with Crippen LogP contribution in [0.1, 0.15) is 22.3 Å². The molecule has 2 atom stereocenters. The molecule has 0 saturated carbocycles. The number of aliphatic carboxylic acids is 1. The number of carbonyl (C=O) groups is 2. The Balaban J connectivity index is 1.86. The molecule has 1 N–H and O–H groups in total. The number of carbonyl (C=O) groups excluding carboxylic acids is 1. The number of rotatable bonds is 5. The Bertz CT molecular complexity index is 733. The van der Waals surface area contributed by atoms with Crippen molar-refractivity contribution in [2.75, 3.05) is 40.3 Å². The van der Waals surface area contributed by atoms with Crippen LogP contribution in [0.15, 0.2) is 30.9 Å². The zero-order valence-electron chi connectivity index (χ0n) is 15.4. The number of methoxy groups -OCH3 is 1. The van der Waals surface area contributed by atoms with E-state index in [4.69, 9.17) is 4.74 Å². The molecule has 0 unspecified atom stereocenters. The zero-order chi connectivity index (χ0) is 18.9. The number of ether oxygens (including phenoxy) is 1. The third-order valence-corrected chi connectivity index (χ3v) is 5.71. The van der Waals surface area contributed by atoms with E-state index in [0.29, 0.717) is 25.1 Å². The number of hydrogen-bond donors (Lipinski definition) is 1. The molecule has 2 aliphatic rings. The molecule has 6 heteroatoms. The van der Waals surface area contributed by atoms with Gasteiger partial charge in [0.25, 0.3) is 5.91 Å². The molecule has 2 saturated heterocycles. The van der Waals surface area contributed by atoms with Crippen LogP contribution in [0.4, 0.5) is 0 Å². The van der Waals surface area contributed by atoms with Crippen LogP contribution in [0, 0.1) is 11.3 Å². The van der Waals surface area contributed by atoms with Gasteiger partial charge in [-0.3, -0.25) is 9.59 Å². The Morgan fingerprint density at radius 1 is 1.42 bits per heavy atom. The Hall–Kier alpha value is -2.34. The van der Waals surface area contributed by atoms with Gasteiger partial charge >= 0.3 is 5.97 Å². The molecule has 1 aromatic carbocycles. The van der Waals surface area contributed by atoms with E-state index in [0.717, 1.165) is 24.3 Å².